The number of esters is 1. The number of hydrogen-bond acceptors (Lipinski definition) is 3. The summed E-state index contributed by atoms with van der Waals surface area (Å²) in [6.45, 7) is 9.89. The average molecular weight is 415 g/mol. The van der Waals surface area contributed by atoms with Crippen LogP contribution in [0.4, 0.5) is 0 Å². The highest BCUT2D eigenvalue weighted by atomic mass is 16.5. The van der Waals surface area contributed by atoms with Gasteiger partial charge in [0, 0.05) is 12.2 Å². The summed E-state index contributed by atoms with van der Waals surface area (Å²) in [6, 6.07) is 21.2. The zero-order chi connectivity index (χ0) is 22.4. The molecule has 31 heavy (non-hydrogen) atoms. The molecule has 0 saturated heterocycles. The Labute approximate surface area is 185 Å². The Bertz CT molecular complexity index is 1080. The Hall–Kier alpha value is -3.17. The lowest BCUT2D eigenvalue weighted by Gasteiger charge is -2.15. The molecule has 0 aliphatic carbocycles. The van der Waals surface area contributed by atoms with Crippen LogP contribution in [0.25, 0.3) is 22.3 Å². The standard InChI is InChI=1S/C28H30O3/c1-5-22-17-24(11-13-26(22)23-9-7-21(8-10-23)14-15-29)27-12-6-20(4)16-25(27)18-31-28(30)19(2)3/h6-13,16-17,29H,2,5,14-15,18H2,1,3-4H3. The van der Waals surface area contributed by atoms with Crippen LogP contribution in [0.2, 0.25) is 0 Å². The zero-order valence-electron chi connectivity index (χ0n) is 18.6. The zero-order valence-corrected chi connectivity index (χ0v) is 18.6. The van der Waals surface area contributed by atoms with Gasteiger partial charge < -0.3 is 9.84 Å². The second-order valence-corrected chi connectivity index (χ2v) is 7.91. The fourth-order valence-corrected chi connectivity index (χ4v) is 3.71. The van der Waals surface area contributed by atoms with E-state index in [0.717, 1.165) is 34.2 Å². The molecule has 0 aromatic heterocycles. The van der Waals surface area contributed by atoms with Gasteiger partial charge in [0.1, 0.15) is 6.61 Å². The molecule has 0 fully saturated rings. The number of aliphatic hydroxyl groups is 1. The molecule has 0 bridgehead atoms. The van der Waals surface area contributed by atoms with E-state index in [1.807, 2.05) is 6.92 Å². The SMILES string of the molecule is C=C(C)C(=O)OCc1cc(C)ccc1-c1ccc(-c2ccc(CCO)cc2)c(CC)c1. The predicted octanol–water partition coefficient (Wildman–Crippen LogP) is 6.05. The molecule has 3 heteroatoms. The number of benzene rings is 3. The van der Waals surface area contributed by atoms with Gasteiger partial charge in [-0.25, -0.2) is 4.79 Å². The normalized spacial score (nSPS) is 10.7. The Balaban J connectivity index is 1.95. The van der Waals surface area contributed by atoms with Gasteiger partial charge in [0.25, 0.3) is 0 Å². The fraction of sp³-hybridized carbons (Fsp3) is 0.250. The third kappa shape index (κ3) is 5.50. The maximum Gasteiger partial charge on any atom is 0.333 e. The monoisotopic (exact) mass is 414 g/mol. The summed E-state index contributed by atoms with van der Waals surface area (Å²) in [5, 5.41) is 9.13. The van der Waals surface area contributed by atoms with E-state index in [1.165, 1.54) is 16.7 Å². The van der Waals surface area contributed by atoms with Crippen molar-refractivity contribution < 1.29 is 14.6 Å². The van der Waals surface area contributed by atoms with E-state index in [0.29, 0.717) is 12.0 Å². The van der Waals surface area contributed by atoms with Crippen LogP contribution in [0.5, 0.6) is 0 Å². The lowest BCUT2D eigenvalue weighted by Crippen LogP contribution is -2.06. The summed E-state index contributed by atoms with van der Waals surface area (Å²) >= 11 is 0. The van der Waals surface area contributed by atoms with Crippen LogP contribution in [0, 0.1) is 6.92 Å². The number of rotatable bonds is 8. The van der Waals surface area contributed by atoms with Crippen LogP contribution in [0.1, 0.15) is 36.1 Å². The predicted molar refractivity (Wildman–Crippen MR) is 127 cm³/mol. The quantitative estimate of drug-likeness (QED) is 0.361. The van der Waals surface area contributed by atoms with E-state index in [9.17, 15) is 4.79 Å². The summed E-state index contributed by atoms with van der Waals surface area (Å²) in [6.07, 6.45) is 1.58. The van der Waals surface area contributed by atoms with E-state index in [4.69, 9.17) is 9.84 Å². The smallest absolute Gasteiger partial charge is 0.333 e. The van der Waals surface area contributed by atoms with Gasteiger partial charge in [-0.05, 0) is 65.6 Å². The minimum absolute atomic E-state index is 0.162. The number of aliphatic hydroxyl groups excluding tert-OH is 1. The largest absolute Gasteiger partial charge is 0.457 e. The maximum absolute atomic E-state index is 11.9. The van der Waals surface area contributed by atoms with Crippen LogP contribution in [0.15, 0.2) is 72.8 Å². The van der Waals surface area contributed by atoms with Crippen molar-refractivity contribution in [1.29, 1.82) is 0 Å². The Kier molecular flexibility index (Phi) is 7.43. The molecule has 0 heterocycles. The second-order valence-electron chi connectivity index (χ2n) is 7.91. The molecule has 3 rings (SSSR count). The van der Waals surface area contributed by atoms with E-state index in [-0.39, 0.29) is 19.2 Å². The highest BCUT2D eigenvalue weighted by Crippen LogP contribution is 2.32. The summed E-state index contributed by atoms with van der Waals surface area (Å²) < 4.78 is 5.43. The number of hydrogen-bond donors (Lipinski definition) is 1. The lowest BCUT2D eigenvalue weighted by atomic mass is 9.91. The highest BCUT2D eigenvalue weighted by molar-refractivity contribution is 5.87. The van der Waals surface area contributed by atoms with E-state index >= 15 is 0 Å². The Morgan fingerprint density at radius 3 is 2.23 bits per heavy atom. The maximum atomic E-state index is 11.9. The first-order valence-electron chi connectivity index (χ1n) is 10.7. The third-order valence-electron chi connectivity index (χ3n) is 5.43. The van der Waals surface area contributed by atoms with Crippen molar-refractivity contribution in [3.63, 3.8) is 0 Å². The second kappa shape index (κ2) is 10.2. The first-order valence-corrected chi connectivity index (χ1v) is 10.7. The molecule has 0 saturated carbocycles. The summed E-state index contributed by atoms with van der Waals surface area (Å²) in [7, 11) is 0. The van der Waals surface area contributed by atoms with Gasteiger partial charge >= 0.3 is 5.97 Å². The van der Waals surface area contributed by atoms with Crippen molar-refractivity contribution in [3.05, 3.63) is 95.1 Å². The van der Waals surface area contributed by atoms with Gasteiger partial charge in [0.2, 0.25) is 0 Å². The van der Waals surface area contributed by atoms with Crippen molar-refractivity contribution in [2.75, 3.05) is 6.61 Å². The first-order chi connectivity index (χ1) is 14.9. The molecular formula is C28H30O3. The molecule has 0 amide bonds. The number of carbonyl (C=O) groups is 1. The van der Waals surface area contributed by atoms with Crippen molar-refractivity contribution >= 4 is 5.97 Å². The van der Waals surface area contributed by atoms with Gasteiger partial charge in [-0.1, -0.05) is 79.7 Å². The van der Waals surface area contributed by atoms with Crippen LogP contribution in [0.3, 0.4) is 0 Å². The van der Waals surface area contributed by atoms with Crippen molar-refractivity contribution in [1.82, 2.24) is 0 Å². The van der Waals surface area contributed by atoms with E-state index < -0.39 is 0 Å². The molecule has 0 radical (unpaired) electrons. The average Bonchev–Trinajstić information content (AvgIpc) is 2.78. The topological polar surface area (TPSA) is 46.5 Å². The molecule has 3 nitrogen and oxygen atoms in total. The van der Waals surface area contributed by atoms with Crippen molar-refractivity contribution in [2.24, 2.45) is 0 Å². The number of ether oxygens (including phenoxy) is 1. The molecule has 160 valence electrons. The third-order valence-corrected chi connectivity index (χ3v) is 5.43. The summed E-state index contributed by atoms with van der Waals surface area (Å²) in [5.74, 6) is -0.373. The van der Waals surface area contributed by atoms with Crippen LogP contribution >= 0.6 is 0 Å². The fourth-order valence-electron chi connectivity index (χ4n) is 3.71. The van der Waals surface area contributed by atoms with Crippen LogP contribution in [-0.2, 0) is 29.0 Å². The van der Waals surface area contributed by atoms with E-state index in [1.54, 1.807) is 6.92 Å². The van der Waals surface area contributed by atoms with Gasteiger partial charge in [0.05, 0.1) is 0 Å². The summed E-state index contributed by atoms with van der Waals surface area (Å²) in [4.78, 5) is 11.9. The van der Waals surface area contributed by atoms with Crippen molar-refractivity contribution in [3.8, 4) is 22.3 Å². The molecule has 1 N–H and O–H groups in total. The molecule has 0 aliphatic heterocycles. The van der Waals surface area contributed by atoms with Crippen LogP contribution < -0.4 is 0 Å². The van der Waals surface area contributed by atoms with Gasteiger partial charge in [-0.2, -0.15) is 0 Å². The molecular weight excluding hydrogens is 384 g/mol. The molecule has 0 atom stereocenters. The lowest BCUT2D eigenvalue weighted by molar-refractivity contribution is -0.140. The van der Waals surface area contributed by atoms with Gasteiger partial charge in [-0.3, -0.25) is 0 Å². The summed E-state index contributed by atoms with van der Waals surface area (Å²) in [5.41, 5.74) is 9.47. The first kappa shape index (κ1) is 22.5. The minimum Gasteiger partial charge on any atom is -0.457 e. The van der Waals surface area contributed by atoms with Crippen molar-refractivity contribution in [2.45, 2.75) is 40.2 Å². The molecule has 3 aromatic rings. The molecule has 3 aromatic carbocycles. The van der Waals surface area contributed by atoms with Gasteiger partial charge in [-0.15, -0.1) is 0 Å². The number of aryl methyl sites for hydroxylation is 2. The number of carbonyl (C=O) groups excluding carboxylic acids is 1. The highest BCUT2D eigenvalue weighted by Gasteiger charge is 2.12. The molecule has 0 unspecified atom stereocenters. The Morgan fingerprint density at radius 1 is 0.935 bits per heavy atom. The van der Waals surface area contributed by atoms with Gasteiger partial charge in [0.15, 0.2) is 0 Å². The van der Waals surface area contributed by atoms with Crippen LogP contribution in [-0.4, -0.2) is 17.7 Å². The van der Waals surface area contributed by atoms with E-state index in [2.05, 4.69) is 74.2 Å². The molecule has 0 aliphatic rings. The minimum atomic E-state index is -0.373. The molecule has 0 spiro atoms. The Morgan fingerprint density at radius 2 is 1.58 bits per heavy atom.